The van der Waals surface area contributed by atoms with Crippen LogP contribution in [0.4, 0.5) is 0 Å². The van der Waals surface area contributed by atoms with E-state index in [4.69, 9.17) is 0 Å². The van der Waals surface area contributed by atoms with Crippen LogP contribution in [0, 0.1) is 5.92 Å². The third-order valence-electron chi connectivity index (χ3n) is 2.84. The van der Waals surface area contributed by atoms with E-state index in [1.165, 1.54) is 25.0 Å². The smallest absolute Gasteiger partial charge is 0.0144 e. The van der Waals surface area contributed by atoms with Gasteiger partial charge in [-0.05, 0) is 25.0 Å². The number of thioether (sulfide) groups is 1. The third kappa shape index (κ3) is 9.25. The Kier molecular flexibility index (Phi) is 9.73. The van der Waals surface area contributed by atoms with Gasteiger partial charge in [0.15, 0.2) is 0 Å². The van der Waals surface area contributed by atoms with E-state index in [0.717, 1.165) is 17.7 Å². The van der Waals surface area contributed by atoms with Gasteiger partial charge in [-0.3, -0.25) is 0 Å². The van der Waals surface area contributed by atoms with Crippen LogP contribution in [-0.4, -0.2) is 23.6 Å². The maximum absolute atomic E-state index is 3.60. The Morgan fingerprint density at radius 2 is 1.80 bits per heavy atom. The van der Waals surface area contributed by atoms with Crippen molar-refractivity contribution in [3.8, 4) is 0 Å². The van der Waals surface area contributed by atoms with Gasteiger partial charge in [0, 0.05) is 17.8 Å². The van der Waals surface area contributed by atoms with Crippen molar-refractivity contribution in [3.05, 3.63) is 0 Å². The number of rotatable bonds is 9. The molecule has 1 nitrogen and oxygen atoms in total. The van der Waals surface area contributed by atoms with Crippen molar-refractivity contribution in [1.82, 2.24) is 5.32 Å². The average Bonchev–Trinajstić information content (AvgIpc) is 2.23. The number of nitrogens with one attached hydrogen (secondary N) is 1. The molecular weight excluding hydrogens is 202 g/mol. The second-order valence-electron chi connectivity index (χ2n) is 4.76. The van der Waals surface area contributed by atoms with Gasteiger partial charge in [0.2, 0.25) is 0 Å². The molecule has 92 valence electrons. The van der Waals surface area contributed by atoms with E-state index in [1.54, 1.807) is 0 Å². The standard InChI is InChI=1S/C13H29NS/c1-6-8-12(4)14-9-13(5)15-10-11(3)7-2/h11-14H,6-10H2,1-5H3. The molecule has 0 aromatic heterocycles. The highest BCUT2D eigenvalue weighted by Crippen LogP contribution is 2.16. The SMILES string of the molecule is CCCC(C)NCC(C)SCC(C)CC. The fourth-order valence-electron chi connectivity index (χ4n) is 1.41. The van der Waals surface area contributed by atoms with Crippen LogP contribution in [0.1, 0.15) is 53.9 Å². The topological polar surface area (TPSA) is 12.0 Å². The summed E-state index contributed by atoms with van der Waals surface area (Å²) in [6.07, 6.45) is 3.88. The molecule has 0 aromatic rings. The molecule has 0 radical (unpaired) electrons. The van der Waals surface area contributed by atoms with Crippen LogP contribution >= 0.6 is 11.8 Å². The highest BCUT2D eigenvalue weighted by Gasteiger charge is 2.07. The van der Waals surface area contributed by atoms with Crippen LogP contribution in [0.15, 0.2) is 0 Å². The highest BCUT2D eigenvalue weighted by molar-refractivity contribution is 7.99. The van der Waals surface area contributed by atoms with Crippen LogP contribution in [0.5, 0.6) is 0 Å². The van der Waals surface area contributed by atoms with E-state index in [-0.39, 0.29) is 0 Å². The Bertz CT molecular complexity index is 138. The van der Waals surface area contributed by atoms with Crippen molar-refractivity contribution in [2.75, 3.05) is 12.3 Å². The van der Waals surface area contributed by atoms with Gasteiger partial charge in [-0.2, -0.15) is 11.8 Å². The second kappa shape index (κ2) is 9.53. The summed E-state index contributed by atoms with van der Waals surface area (Å²) >= 11 is 2.11. The Morgan fingerprint density at radius 1 is 1.13 bits per heavy atom. The van der Waals surface area contributed by atoms with Gasteiger partial charge in [0.1, 0.15) is 0 Å². The molecule has 0 aliphatic heterocycles. The first-order chi connectivity index (χ1) is 7.10. The normalized spacial score (nSPS) is 17.4. The van der Waals surface area contributed by atoms with Gasteiger partial charge in [0.05, 0.1) is 0 Å². The van der Waals surface area contributed by atoms with E-state index in [2.05, 4.69) is 51.7 Å². The summed E-state index contributed by atoms with van der Waals surface area (Å²) in [7, 11) is 0. The maximum atomic E-state index is 3.60. The molecule has 0 amide bonds. The molecular formula is C13H29NS. The first kappa shape index (κ1) is 15.3. The van der Waals surface area contributed by atoms with Gasteiger partial charge in [0.25, 0.3) is 0 Å². The quantitative estimate of drug-likeness (QED) is 0.645. The van der Waals surface area contributed by atoms with E-state index in [0.29, 0.717) is 6.04 Å². The predicted molar refractivity (Wildman–Crippen MR) is 73.7 cm³/mol. The zero-order chi connectivity index (χ0) is 11.7. The van der Waals surface area contributed by atoms with Crippen LogP contribution in [-0.2, 0) is 0 Å². The minimum Gasteiger partial charge on any atom is -0.313 e. The zero-order valence-corrected chi connectivity index (χ0v) is 12.0. The molecule has 2 heteroatoms. The molecule has 0 bridgehead atoms. The summed E-state index contributed by atoms with van der Waals surface area (Å²) in [6, 6.07) is 0.682. The largest absolute Gasteiger partial charge is 0.313 e. The van der Waals surface area contributed by atoms with E-state index in [9.17, 15) is 0 Å². The minimum atomic E-state index is 0.682. The fourth-order valence-corrected chi connectivity index (χ4v) is 2.51. The molecule has 0 saturated carbocycles. The summed E-state index contributed by atoms with van der Waals surface area (Å²) in [4.78, 5) is 0. The van der Waals surface area contributed by atoms with Gasteiger partial charge in [-0.15, -0.1) is 0 Å². The van der Waals surface area contributed by atoms with Crippen LogP contribution in [0.3, 0.4) is 0 Å². The zero-order valence-electron chi connectivity index (χ0n) is 11.2. The molecule has 0 fully saturated rings. The molecule has 0 saturated heterocycles. The highest BCUT2D eigenvalue weighted by atomic mass is 32.2. The summed E-state index contributed by atoms with van der Waals surface area (Å²) in [6.45, 7) is 12.6. The van der Waals surface area contributed by atoms with E-state index < -0.39 is 0 Å². The average molecular weight is 231 g/mol. The predicted octanol–water partition coefficient (Wildman–Crippen LogP) is 3.93. The summed E-state index contributed by atoms with van der Waals surface area (Å²) < 4.78 is 0. The molecule has 0 heterocycles. The van der Waals surface area contributed by atoms with Gasteiger partial charge < -0.3 is 5.32 Å². The van der Waals surface area contributed by atoms with Crippen molar-refractivity contribution in [1.29, 1.82) is 0 Å². The third-order valence-corrected chi connectivity index (χ3v) is 4.33. The summed E-state index contributed by atoms with van der Waals surface area (Å²) in [5.74, 6) is 2.17. The summed E-state index contributed by atoms with van der Waals surface area (Å²) in [5.41, 5.74) is 0. The fraction of sp³-hybridized carbons (Fsp3) is 1.00. The number of hydrogen-bond acceptors (Lipinski definition) is 2. The molecule has 0 aromatic carbocycles. The Morgan fingerprint density at radius 3 is 2.33 bits per heavy atom. The minimum absolute atomic E-state index is 0.682. The monoisotopic (exact) mass is 231 g/mol. The van der Waals surface area contributed by atoms with Gasteiger partial charge in [-0.25, -0.2) is 0 Å². The van der Waals surface area contributed by atoms with Crippen molar-refractivity contribution in [3.63, 3.8) is 0 Å². The van der Waals surface area contributed by atoms with Crippen molar-refractivity contribution in [2.24, 2.45) is 5.92 Å². The first-order valence-corrected chi connectivity index (χ1v) is 7.49. The molecule has 3 atom stereocenters. The molecule has 0 aliphatic rings. The lowest BCUT2D eigenvalue weighted by atomic mass is 10.2. The molecule has 15 heavy (non-hydrogen) atoms. The Balaban J connectivity index is 3.44. The van der Waals surface area contributed by atoms with Crippen molar-refractivity contribution < 1.29 is 0 Å². The first-order valence-electron chi connectivity index (χ1n) is 6.45. The van der Waals surface area contributed by atoms with Crippen LogP contribution in [0.2, 0.25) is 0 Å². The summed E-state index contributed by atoms with van der Waals surface area (Å²) in [5, 5.41) is 4.35. The lowest BCUT2D eigenvalue weighted by molar-refractivity contribution is 0.511. The molecule has 1 N–H and O–H groups in total. The van der Waals surface area contributed by atoms with E-state index in [1.807, 2.05) is 0 Å². The number of hydrogen-bond donors (Lipinski definition) is 1. The molecule has 0 rings (SSSR count). The molecule has 0 spiro atoms. The lowest BCUT2D eigenvalue weighted by Gasteiger charge is -2.18. The molecule has 0 aliphatic carbocycles. The second-order valence-corrected chi connectivity index (χ2v) is 6.23. The van der Waals surface area contributed by atoms with Gasteiger partial charge in [-0.1, -0.05) is 40.5 Å². The van der Waals surface area contributed by atoms with E-state index >= 15 is 0 Å². The Labute approximate surface area is 101 Å². The van der Waals surface area contributed by atoms with Crippen LogP contribution in [0.25, 0.3) is 0 Å². The lowest BCUT2D eigenvalue weighted by Crippen LogP contribution is -2.31. The van der Waals surface area contributed by atoms with Crippen molar-refractivity contribution in [2.45, 2.75) is 65.2 Å². The van der Waals surface area contributed by atoms with Crippen LogP contribution < -0.4 is 5.32 Å². The Hall–Kier alpha value is 0.310. The molecule has 3 unspecified atom stereocenters. The van der Waals surface area contributed by atoms with Crippen molar-refractivity contribution >= 4 is 11.8 Å². The maximum Gasteiger partial charge on any atom is 0.0144 e. The van der Waals surface area contributed by atoms with Gasteiger partial charge >= 0.3 is 0 Å².